The van der Waals surface area contributed by atoms with Gasteiger partial charge in [0.25, 0.3) is 0 Å². The van der Waals surface area contributed by atoms with E-state index in [1.165, 1.54) is 31.2 Å². The van der Waals surface area contributed by atoms with Gasteiger partial charge in [0.05, 0.1) is 6.10 Å². The van der Waals surface area contributed by atoms with Gasteiger partial charge in [0.1, 0.15) is 5.82 Å². The summed E-state index contributed by atoms with van der Waals surface area (Å²) in [6.45, 7) is 6.31. The Morgan fingerprint density at radius 1 is 1.28 bits per heavy atom. The van der Waals surface area contributed by atoms with Crippen molar-refractivity contribution in [2.75, 3.05) is 18.0 Å². The van der Waals surface area contributed by atoms with Crippen molar-refractivity contribution in [2.24, 2.45) is 0 Å². The normalized spacial score (nSPS) is 18.5. The van der Waals surface area contributed by atoms with Crippen molar-refractivity contribution in [1.29, 1.82) is 0 Å². The zero-order valence-corrected chi connectivity index (χ0v) is 11.5. The van der Waals surface area contributed by atoms with Crippen LogP contribution in [-0.2, 0) is 0 Å². The number of hydrogen-bond donors (Lipinski definition) is 1. The molecule has 1 fully saturated rings. The average molecular weight is 248 g/mol. The van der Waals surface area contributed by atoms with E-state index in [9.17, 15) is 5.11 Å². The summed E-state index contributed by atoms with van der Waals surface area (Å²) in [5, 5.41) is 9.85. The third kappa shape index (κ3) is 3.02. The zero-order chi connectivity index (χ0) is 13.0. The summed E-state index contributed by atoms with van der Waals surface area (Å²) < 4.78 is 0. The van der Waals surface area contributed by atoms with Crippen molar-refractivity contribution >= 4 is 5.82 Å². The summed E-state index contributed by atoms with van der Waals surface area (Å²) in [6.07, 6.45) is 7.39. The molecule has 0 saturated carbocycles. The molecular formula is C15H24N2O. The van der Waals surface area contributed by atoms with E-state index in [-0.39, 0.29) is 6.10 Å². The van der Waals surface area contributed by atoms with Crippen LogP contribution in [0.3, 0.4) is 0 Å². The van der Waals surface area contributed by atoms with Crippen LogP contribution in [0.25, 0.3) is 0 Å². The van der Waals surface area contributed by atoms with E-state index >= 15 is 0 Å². The van der Waals surface area contributed by atoms with Crippen LogP contribution >= 0.6 is 0 Å². The molecule has 18 heavy (non-hydrogen) atoms. The molecule has 3 heteroatoms. The second kappa shape index (κ2) is 6.19. The van der Waals surface area contributed by atoms with Gasteiger partial charge in [-0.25, -0.2) is 4.98 Å². The Morgan fingerprint density at radius 2 is 1.94 bits per heavy atom. The zero-order valence-electron chi connectivity index (χ0n) is 11.5. The van der Waals surface area contributed by atoms with Gasteiger partial charge in [-0.3, -0.25) is 0 Å². The topological polar surface area (TPSA) is 36.4 Å². The first-order valence-electron chi connectivity index (χ1n) is 7.12. The predicted octanol–water partition coefficient (Wildman–Crippen LogP) is 3.21. The molecule has 1 aromatic rings. The summed E-state index contributed by atoms with van der Waals surface area (Å²) in [6, 6.07) is 2.08. The lowest BCUT2D eigenvalue weighted by atomic mass is 10.1. The Kier molecular flexibility index (Phi) is 4.59. The van der Waals surface area contributed by atoms with Crippen molar-refractivity contribution in [3.05, 3.63) is 23.4 Å². The van der Waals surface area contributed by atoms with Crippen molar-refractivity contribution in [1.82, 2.24) is 4.98 Å². The molecule has 0 unspecified atom stereocenters. The maximum absolute atomic E-state index is 9.85. The van der Waals surface area contributed by atoms with Crippen LogP contribution < -0.4 is 4.90 Å². The Morgan fingerprint density at radius 3 is 2.50 bits per heavy atom. The molecule has 2 rings (SSSR count). The Labute approximate surface area is 110 Å². The van der Waals surface area contributed by atoms with E-state index in [2.05, 4.69) is 22.9 Å². The molecule has 0 spiro atoms. The third-order valence-electron chi connectivity index (χ3n) is 3.75. The SMILES string of the molecule is CC[C@@H](O)c1cnc(N2CCCCCC2)c(C)c1. The number of hydrogen-bond acceptors (Lipinski definition) is 3. The third-order valence-corrected chi connectivity index (χ3v) is 3.75. The van der Waals surface area contributed by atoms with Crippen LogP contribution in [0, 0.1) is 6.92 Å². The first-order valence-corrected chi connectivity index (χ1v) is 7.12. The average Bonchev–Trinajstić information content (AvgIpc) is 2.66. The Balaban J connectivity index is 2.18. The summed E-state index contributed by atoms with van der Waals surface area (Å²) in [5.41, 5.74) is 2.12. The molecule has 1 N–H and O–H groups in total. The molecule has 0 aromatic carbocycles. The van der Waals surface area contributed by atoms with Gasteiger partial charge in [-0.1, -0.05) is 19.8 Å². The van der Waals surface area contributed by atoms with Crippen LogP contribution in [-0.4, -0.2) is 23.2 Å². The molecule has 1 aliphatic rings. The fourth-order valence-corrected chi connectivity index (χ4v) is 2.62. The van der Waals surface area contributed by atoms with Gasteiger partial charge >= 0.3 is 0 Å². The molecule has 1 saturated heterocycles. The number of aliphatic hydroxyl groups excluding tert-OH is 1. The lowest BCUT2D eigenvalue weighted by Gasteiger charge is -2.24. The molecule has 0 bridgehead atoms. The monoisotopic (exact) mass is 248 g/mol. The second-order valence-electron chi connectivity index (χ2n) is 5.23. The maximum atomic E-state index is 9.85. The van der Waals surface area contributed by atoms with E-state index in [1.807, 2.05) is 13.1 Å². The highest BCUT2D eigenvalue weighted by molar-refractivity contribution is 5.47. The van der Waals surface area contributed by atoms with Gasteiger partial charge < -0.3 is 10.0 Å². The summed E-state index contributed by atoms with van der Waals surface area (Å²) in [5.74, 6) is 1.10. The minimum atomic E-state index is -0.380. The summed E-state index contributed by atoms with van der Waals surface area (Å²) in [4.78, 5) is 6.97. The first-order chi connectivity index (χ1) is 8.72. The second-order valence-corrected chi connectivity index (χ2v) is 5.23. The van der Waals surface area contributed by atoms with Gasteiger partial charge in [0.2, 0.25) is 0 Å². The van der Waals surface area contributed by atoms with Crippen LogP contribution in [0.2, 0.25) is 0 Å². The van der Waals surface area contributed by atoms with E-state index < -0.39 is 0 Å². The molecule has 1 aliphatic heterocycles. The molecule has 1 aromatic heterocycles. The van der Waals surface area contributed by atoms with Crippen LogP contribution in [0.4, 0.5) is 5.82 Å². The first kappa shape index (κ1) is 13.3. The van der Waals surface area contributed by atoms with E-state index in [0.29, 0.717) is 0 Å². The quantitative estimate of drug-likeness (QED) is 0.892. The van der Waals surface area contributed by atoms with Gasteiger partial charge in [-0.2, -0.15) is 0 Å². The molecular weight excluding hydrogens is 224 g/mol. The van der Waals surface area contributed by atoms with E-state index in [0.717, 1.165) is 30.9 Å². The molecule has 100 valence electrons. The minimum Gasteiger partial charge on any atom is -0.388 e. The van der Waals surface area contributed by atoms with Crippen molar-refractivity contribution < 1.29 is 5.11 Å². The van der Waals surface area contributed by atoms with Crippen molar-refractivity contribution in [3.8, 4) is 0 Å². The largest absolute Gasteiger partial charge is 0.388 e. The summed E-state index contributed by atoms with van der Waals surface area (Å²) >= 11 is 0. The highest BCUT2D eigenvalue weighted by Crippen LogP contribution is 2.24. The minimum absolute atomic E-state index is 0.380. The number of pyridine rings is 1. The van der Waals surface area contributed by atoms with Crippen LogP contribution in [0.1, 0.15) is 56.3 Å². The fraction of sp³-hybridized carbons (Fsp3) is 0.667. The number of aryl methyl sites for hydroxylation is 1. The highest BCUT2D eigenvalue weighted by atomic mass is 16.3. The van der Waals surface area contributed by atoms with Gasteiger partial charge in [0, 0.05) is 19.3 Å². The number of nitrogens with zero attached hydrogens (tertiary/aromatic N) is 2. The number of aromatic nitrogens is 1. The standard InChI is InChI=1S/C15H24N2O/c1-3-14(18)13-10-12(2)15(16-11-13)17-8-6-4-5-7-9-17/h10-11,14,18H,3-9H2,1-2H3/t14-/m1/s1. The smallest absolute Gasteiger partial charge is 0.131 e. The van der Waals surface area contributed by atoms with Crippen LogP contribution in [0.15, 0.2) is 12.3 Å². The molecule has 1 atom stereocenters. The molecule has 0 amide bonds. The van der Waals surface area contributed by atoms with Gasteiger partial charge in [-0.15, -0.1) is 0 Å². The maximum Gasteiger partial charge on any atom is 0.131 e. The van der Waals surface area contributed by atoms with Crippen molar-refractivity contribution in [3.63, 3.8) is 0 Å². The predicted molar refractivity (Wildman–Crippen MR) is 74.9 cm³/mol. The van der Waals surface area contributed by atoms with Gasteiger partial charge in [-0.05, 0) is 43.4 Å². The van der Waals surface area contributed by atoms with Crippen LogP contribution in [0.5, 0.6) is 0 Å². The van der Waals surface area contributed by atoms with E-state index in [4.69, 9.17) is 0 Å². The van der Waals surface area contributed by atoms with Gasteiger partial charge in [0.15, 0.2) is 0 Å². The van der Waals surface area contributed by atoms with Crippen molar-refractivity contribution in [2.45, 2.75) is 52.1 Å². The Bertz CT molecular complexity index is 384. The lowest BCUT2D eigenvalue weighted by Crippen LogP contribution is -2.25. The number of rotatable bonds is 3. The Hall–Kier alpha value is -1.09. The number of aliphatic hydroxyl groups is 1. The highest BCUT2D eigenvalue weighted by Gasteiger charge is 2.15. The molecule has 0 radical (unpaired) electrons. The summed E-state index contributed by atoms with van der Waals surface area (Å²) in [7, 11) is 0. The number of anilines is 1. The molecule has 3 nitrogen and oxygen atoms in total. The molecule has 2 heterocycles. The fourth-order valence-electron chi connectivity index (χ4n) is 2.62. The lowest BCUT2D eigenvalue weighted by molar-refractivity contribution is 0.173. The molecule has 0 aliphatic carbocycles. The van der Waals surface area contributed by atoms with E-state index in [1.54, 1.807) is 0 Å².